The van der Waals surface area contributed by atoms with Crippen molar-refractivity contribution in [2.24, 2.45) is 0 Å². The van der Waals surface area contributed by atoms with E-state index < -0.39 is 5.76 Å². The van der Waals surface area contributed by atoms with Gasteiger partial charge in [0, 0.05) is 16.1 Å². The maximum Gasteiger partial charge on any atom is 0.288 e. The summed E-state index contributed by atoms with van der Waals surface area (Å²) in [4.78, 5) is 4.84. The molecule has 3 aromatic rings. The van der Waals surface area contributed by atoms with E-state index in [1.54, 1.807) is 31.4 Å². The number of alkyl halides is 2. The van der Waals surface area contributed by atoms with Crippen molar-refractivity contribution in [3.8, 4) is 17.1 Å². The molecule has 25 heavy (non-hydrogen) atoms. The van der Waals surface area contributed by atoms with Gasteiger partial charge in [-0.05, 0) is 48.5 Å². The summed E-state index contributed by atoms with van der Waals surface area (Å²) in [7, 11) is 1.60. The maximum atomic E-state index is 12.3. The second-order valence-electron chi connectivity index (χ2n) is 5.00. The second-order valence-corrected chi connectivity index (χ2v) is 6.06. The minimum atomic E-state index is -2.42. The van der Waals surface area contributed by atoms with Gasteiger partial charge >= 0.3 is 0 Å². The molecule has 0 fully saturated rings. The number of thioether (sulfide) groups is 1. The Bertz CT molecular complexity index is 808. The van der Waals surface area contributed by atoms with Gasteiger partial charge in [-0.3, -0.25) is 0 Å². The van der Waals surface area contributed by atoms with E-state index in [1.807, 2.05) is 24.3 Å². The minimum Gasteiger partial charge on any atom is -0.497 e. The van der Waals surface area contributed by atoms with Crippen LogP contribution >= 0.6 is 11.8 Å². The molecule has 0 unspecified atom stereocenters. The summed E-state index contributed by atoms with van der Waals surface area (Å²) in [6.07, 6.45) is 0. The van der Waals surface area contributed by atoms with Gasteiger partial charge in [0.05, 0.1) is 13.7 Å². The molecule has 1 N–H and O–H groups in total. The number of nitrogens with zero attached hydrogens (tertiary/aromatic N) is 2. The summed E-state index contributed by atoms with van der Waals surface area (Å²) in [5, 5.41) is 7.06. The molecule has 3 rings (SSSR count). The summed E-state index contributed by atoms with van der Waals surface area (Å²) in [6, 6.07) is 14.1. The van der Waals surface area contributed by atoms with Crippen LogP contribution in [0.1, 0.15) is 5.89 Å². The van der Waals surface area contributed by atoms with E-state index in [2.05, 4.69) is 15.5 Å². The quantitative estimate of drug-likeness (QED) is 0.616. The molecule has 0 amide bonds. The van der Waals surface area contributed by atoms with Crippen LogP contribution in [0.3, 0.4) is 0 Å². The molecule has 0 aliphatic carbocycles. The average Bonchev–Trinajstić information content (AvgIpc) is 3.10. The first kappa shape index (κ1) is 17.2. The third-order valence-electron chi connectivity index (χ3n) is 3.34. The lowest BCUT2D eigenvalue weighted by molar-refractivity contribution is 0.252. The second kappa shape index (κ2) is 7.98. The van der Waals surface area contributed by atoms with E-state index in [4.69, 9.17) is 9.26 Å². The Morgan fingerprint density at radius 1 is 1.12 bits per heavy atom. The number of hydrogen-bond acceptors (Lipinski definition) is 6. The molecule has 1 heterocycles. The molecule has 1 aromatic heterocycles. The molecule has 0 aliphatic rings. The predicted molar refractivity (Wildman–Crippen MR) is 91.9 cm³/mol. The number of methoxy groups -OCH3 is 1. The molecule has 0 bridgehead atoms. The van der Waals surface area contributed by atoms with Crippen molar-refractivity contribution in [3.63, 3.8) is 0 Å². The van der Waals surface area contributed by atoms with Gasteiger partial charge in [0.1, 0.15) is 5.75 Å². The third kappa shape index (κ3) is 4.69. The SMILES string of the molecule is COc1ccc(-c2noc(CNc3ccc(SC(F)F)cc3)n2)cc1. The van der Waals surface area contributed by atoms with Crippen molar-refractivity contribution in [2.45, 2.75) is 17.2 Å². The zero-order chi connectivity index (χ0) is 17.6. The minimum absolute atomic E-state index is 0.338. The van der Waals surface area contributed by atoms with Crippen LogP contribution in [-0.2, 0) is 6.54 Å². The molecule has 0 atom stereocenters. The van der Waals surface area contributed by atoms with E-state index in [0.717, 1.165) is 17.0 Å². The standard InChI is InChI=1S/C17H15F2N3O2S/c1-23-13-6-2-11(3-7-13)16-21-15(24-22-16)10-20-12-4-8-14(9-5-12)25-17(18)19/h2-9,17,20H,10H2,1H3. The van der Waals surface area contributed by atoms with Gasteiger partial charge in [0.2, 0.25) is 11.7 Å². The zero-order valence-electron chi connectivity index (χ0n) is 13.3. The number of ether oxygens (including phenoxy) is 1. The first-order chi connectivity index (χ1) is 12.1. The molecule has 8 heteroatoms. The molecule has 0 saturated heterocycles. The number of anilines is 1. The smallest absolute Gasteiger partial charge is 0.288 e. The zero-order valence-corrected chi connectivity index (χ0v) is 14.1. The summed E-state index contributed by atoms with van der Waals surface area (Å²) < 4.78 is 34.9. The third-order valence-corrected chi connectivity index (χ3v) is 4.06. The monoisotopic (exact) mass is 363 g/mol. The van der Waals surface area contributed by atoms with E-state index in [0.29, 0.717) is 34.9 Å². The number of halogens is 2. The largest absolute Gasteiger partial charge is 0.497 e. The Hall–Kier alpha value is -2.61. The van der Waals surface area contributed by atoms with Crippen molar-refractivity contribution in [1.82, 2.24) is 10.1 Å². The van der Waals surface area contributed by atoms with E-state index >= 15 is 0 Å². The fraction of sp³-hybridized carbons (Fsp3) is 0.176. The molecule has 2 aromatic carbocycles. The van der Waals surface area contributed by atoms with Crippen LogP contribution in [0.15, 0.2) is 57.9 Å². The van der Waals surface area contributed by atoms with Gasteiger partial charge < -0.3 is 14.6 Å². The van der Waals surface area contributed by atoms with Crippen LogP contribution in [0.2, 0.25) is 0 Å². The van der Waals surface area contributed by atoms with E-state index in [9.17, 15) is 8.78 Å². The fourth-order valence-electron chi connectivity index (χ4n) is 2.12. The lowest BCUT2D eigenvalue weighted by Crippen LogP contribution is -1.99. The van der Waals surface area contributed by atoms with Gasteiger partial charge in [-0.1, -0.05) is 16.9 Å². The van der Waals surface area contributed by atoms with Gasteiger partial charge in [-0.2, -0.15) is 13.8 Å². The lowest BCUT2D eigenvalue weighted by Gasteiger charge is -2.04. The van der Waals surface area contributed by atoms with E-state index in [-0.39, 0.29) is 0 Å². The highest BCUT2D eigenvalue weighted by Gasteiger charge is 2.09. The first-order valence-corrected chi connectivity index (χ1v) is 8.28. The van der Waals surface area contributed by atoms with Crippen molar-refractivity contribution in [3.05, 3.63) is 54.4 Å². The highest BCUT2D eigenvalue weighted by Crippen LogP contribution is 2.26. The van der Waals surface area contributed by atoms with Gasteiger partial charge in [0.15, 0.2) is 0 Å². The fourth-order valence-corrected chi connectivity index (χ4v) is 2.61. The highest BCUT2D eigenvalue weighted by atomic mass is 32.2. The molecule has 0 radical (unpaired) electrons. The van der Waals surface area contributed by atoms with Crippen LogP contribution in [0.4, 0.5) is 14.5 Å². The molecular weight excluding hydrogens is 348 g/mol. The van der Waals surface area contributed by atoms with Crippen molar-refractivity contribution in [2.75, 3.05) is 12.4 Å². The lowest BCUT2D eigenvalue weighted by atomic mass is 10.2. The number of hydrogen-bond donors (Lipinski definition) is 1. The van der Waals surface area contributed by atoms with Crippen LogP contribution < -0.4 is 10.1 Å². The van der Waals surface area contributed by atoms with Gasteiger partial charge in [-0.25, -0.2) is 0 Å². The van der Waals surface area contributed by atoms with Crippen LogP contribution in [0, 0.1) is 0 Å². The number of aromatic nitrogens is 2. The predicted octanol–water partition coefficient (Wildman–Crippen LogP) is 4.67. The molecule has 0 spiro atoms. The highest BCUT2D eigenvalue weighted by molar-refractivity contribution is 7.99. The summed E-state index contributed by atoms with van der Waals surface area (Å²) in [6.45, 7) is 0.338. The first-order valence-electron chi connectivity index (χ1n) is 7.40. The number of rotatable bonds is 7. The maximum absolute atomic E-state index is 12.3. The summed E-state index contributed by atoms with van der Waals surface area (Å²) >= 11 is 0.514. The van der Waals surface area contributed by atoms with Crippen LogP contribution in [0.5, 0.6) is 5.75 Å². The summed E-state index contributed by atoms with van der Waals surface area (Å²) in [5.74, 6) is -0.754. The molecule has 130 valence electrons. The van der Waals surface area contributed by atoms with Crippen molar-refractivity contribution < 1.29 is 18.0 Å². The Balaban J connectivity index is 1.59. The normalized spacial score (nSPS) is 10.9. The molecular formula is C17H15F2N3O2S. The Morgan fingerprint density at radius 2 is 1.84 bits per heavy atom. The van der Waals surface area contributed by atoms with E-state index in [1.165, 1.54) is 0 Å². The molecule has 0 saturated carbocycles. The summed E-state index contributed by atoms with van der Waals surface area (Å²) in [5.41, 5.74) is 1.60. The molecule has 5 nitrogen and oxygen atoms in total. The Morgan fingerprint density at radius 3 is 2.48 bits per heavy atom. The Kier molecular flexibility index (Phi) is 5.49. The average molecular weight is 363 g/mol. The van der Waals surface area contributed by atoms with Crippen LogP contribution in [0.25, 0.3) is 11.4 Å². The van der Waals surface area contributed by atoms with Crippen molar-refractivity contribution in [1.29, 1.82) is 0 Å². The Labute approximate surface area is 147 Å². The van der Waals surface area contributed by atoms with Gasteiger partial charge in [-0.15, -0.1) is 0 Å². The number of nitrogens with one attached hydrogen (secondary N) is 1. The van der Waals surface area contributed by atoms with Crippen molar-refractivity contribution >= 4 is 17.4 Å². The molecule has 0 aliphatic heterocycles. The van der Waals surface area contributed by atoms with Crippen LogP contribution in [-0.4, -0.2) is 23.0 Å². The topological polar surface area (TPSA) is 60.2 Å². The van der Waals surface area contributed by atoms with Gasteiger partial charge in [0.25, 0.3) is 5.76 Å². The number of benzene rings is 2.